The zero-order valence-corrected chi connectivity index (χ0v) is 11.1. The third-order valence-electron chi connectivity index (χ3n) is 2.59. The molecule has 0 bridgehead atoms. The van der Waals surface area contributed by atoms with Gasteiger partial charge in [0.1, 0.15) is 6.07 Å². The number of methoxy groups -OCH3 is 1. The summed E-state index contributed by atoms with van der Waals surface area (Å²) in [6.07, 6.45) is 1.68. The lowest BCUT2D eigenvalue weighted by Crippen LogP contribution is -2.02. The molecule has 0 saturated carbocycles. The van der Waals surface area contributed by atoms with Gasteiger partial charge >= 0.3 is 0 Å². The zero-order valence-electron chi connectivity index (χ0n) is 10.4. The lowest BCUT2D eigenvalue weighted by Gasteiger charge is -2.09. The van der Waals surface area contributed by atoms with E-state index in [1.807, 2.05) is 12.1 Å². The number of nitrogens with one attached hydrogen (secondary N) is 1. The fourth-order valence-electron chi connectivity index (χ4n) is 1.63. The van der Waals surface area contributed by atoms with Crippen LogP contribution >= 0.6 is 11.6 Å². The average Bonchev–Trinajstić information content (AvgIpc) is 2.45. The Morgan fingerprint density at radius 2 is 2.21 bits per heavy atom. The van der Waals surface area contributed by atoms with Crippen molar-refractivity contribution in [2.45, 2.75) is 6.54 Å². The van der Waals surface area contributed by atoms with E-state index in [2.05, 4.69) is 16.4 Å². The molecule has 0 aliphatic carbocycles. The van der Waals surface area contributed by atoms with Crippen molar-refractivity contribution in [3.05, 3.63) is 52.7 Å². The Labute approximate surface area is 116 Å². The quantitative estimate of drug-likeness (QED) is 0.929. The van der Waals surface area contributed by atoms with Crippen LogP contribution in [0.3, 0.4) is 0 Å². The SMILES string of the molecule is COc1cc(CNc2cc(Cl)ccc2C#N)ccn1. The molecule has 0 aliphatic heterocycles. The predicted octanol–water partition coefficient (Wildman–Crippen LogP) is 3.23. The molecule has 19 heavy (non-hydrogen) atoms. The van der Waals surface area contributed by atoms with Crippen LogP contribution in [0.5, 0.6) is 5.88 Å². The molecule has 2 rings (SSSR count). The number of halogens is 1. The summed E-state index contributed by atoms with van der Waals surface area (Å²) in [4.78, 5) is 4.04. The van der Waals surface area contributed by atoms with E-state index in [1.165, 1.54) is 0 Å². The maximum absolute atomic E-state index is 9.03. The number of rotatable bonds is 4. The van der Waals surface area contributed by atoms with Gasteiger partial charge in [-0.05, 0) is 29.8 Å². The molecule has 1 aromatic heterocycles. The summed E-state index contributed by atoms with van der Waals surface area (Å²) >= 11 is 5.92. The summed E-state index contributed by atoms with van der Waals surface area (Å²) in [5.41, 5.74) is 2.28. The highest BCUT2D eigenvalue weighted by molar-refractivity contribution is 6.30. The van der Waals surface area contributed by atoms with E-state index < -0.39 is 0 Å². The van der Waals surface area contributed by atoms with E-state index in [4.69, 9.17) is 21.6 Å². The molecule has 0 spiro atoms. The van der Waals surface area contributed by atoms with Gasteiger partial charge in [-0.15, -0.1) is 0 Å². The van der Waals surface area contributed by atoms with Crippen molar-refractivity contribution < 1.29 is 4.74 Å². The molecular formula is C14H12ClN3O. The molecule has 1 aromatic carbocycles. The van der Waals surface area contributed by atoms with Gasteiger partial charge in [-0.25, -0.2) is 4.98 Å². The number of ether oxygens (including phenoxy) is 1. The Kier molecular flexibility index (Phi) is 4.22. The lowest BCUT2D eigenvalue weighted by molar-refractivity contribution is 0.397. The Balaban J connectivity index is 2.14. The molecule has 2 aromatic rings. The molecule has 4 nitrogen and oxygen atoms in total. The van der Waals surface area contributed by atoms with Gasteiger partial charge in [-0.1, -0.05) is 11.6 Å². The summed E-state index contributed by atoms with van der Waals surface area (Å²) in [6.45, 7) is 0.563. The molecule has 96 valence electrons. The average molecular weight is 274 g/mol. The standard InChI is InChI=1S/C14H12ClN3O/c1-19-14-6-10(4-5-17-14)9-18-13-7-12(15)3-2-11(13)8-16/h2-7,18H,9H2,1H3. The number of anilines is 1. The minimum Gasteiger partial charge on any atom is -0.481 e. The number of nitrogens with zero attached hydrogens (tertiary/aromatic N) is 2. The first-order valence-corrected chi connectivity index (χ1v) is 6.03. The molecule has 0 saturated heterocycles. The molecule has 0 radical (unpaired) electrons. The molecule has 5 heteroatoms. The van der Waals surface area contributed by atoms with Crippen LogP contribution in [0.25, 0.3) is 0 Å². The van der Waals surface area contributed by atoms with Crippen molar-refractivity contribution in [2.75, 3.05) is 12.4 Å². The first kappa shape index (κ1) is 13.2. The van der Waals surface area contributed by atoms with Crippen LogP contribution in [0.2, 0.25) is 5.02 Å². The van der Waals surface area contributed by atoms with Crippen LogP contribution in [-0.4, -0.2) is 12.1 Å². The van der Waals surface area contributed by atoms with Gasteiger partial charge in [0.25, 0.3) is 0 Å². The second-order valence-electron chi connectivity index (χ2n) is 3.86. The van der Waals surface area contributed by atoms with E-state index in [1.54, 1.807) is 31.5 Å². The summed E-state index contributed by atoms with van der Waals surface area (Å²) in [6, 6.07) is 11.0. The van der Waals surface area contributed by atoms with Crippen molar-refractivity contribution in [1.82, 2.24) is 4.98 Å². The van der Waals surface area contributed by atoms with Gasteiger partial charge in [0.15, 0.2) is 0 Å². The van der Waals surface area contributed by atoms with Crippen molar-refractivity contribution >= 4 is 17.3 Å². The van der Waals surface area contributed by atoms with Crippen molar-refractivity contribution in [3.63, 3.8) is 0 Å². The molecule has 1 N–H and O–H groups in total. The van der Waals surface area contributed by atoms with Gasteiger partial charge in [0, 0.05) is 23.8 Å². The molecule has 0 amide bonds. The minimum atomic E-state index is 0.561. The number of benzene rings is 1. The summed E-state index contributed by atoms with van der Waals surface area (Å²) in [5, 5.41) is 12.8. The normalized spacial score (nSPS) is 9.74. The van der Waals surface area contributed by atoms with E-state index in [0.29, 0.717) is 28.7 Å². The second kappa shape index (κ2) is 6.07. The van der Waals surface area contributed by atoms with Gasteiger partial charge < -0.3 is 10.1 Å². The first-order valence-electron chi connectivity index (χ1n) is 5.65. The zero-order chi connectivity index (χ0) is 13.7. The maximum atomic E-state index is 9.03. The number of hydrogen-bond acceptors (Lipinski definition) is 4. The summed E-state index contributed by atoms with van der Waals surface area (Å²) < 4.78 is 5.06. The fourth-order valence-corrected chi connectivity index (χ4v) is 1.80. The molecule has 1 heterocycles. The van der Waals surface area contributed by atoms with Gasteiger partial charge in [-0.3, -0.25) is 0 Å². The number of nitriles is 1. The van der Waals surface area contributed by atoms with Crippen LogP contribution in [0, 0.1) is 11.3 Å². The number of aromatic nitrogens is 1. The Bertz CT molecular complexity index is 622. The Morgan fingerprint density at radius 1 is 1.37 bits per heavy atom. The highest BCUT2D eigenvalue weighted by Crippen LogP contribution is 2.21. The predicted molar refractivity (Wildman–Crippen MR) is 74.3 cm³/mol. The summed E-state index contributed by atoms with van der Waals surface area (Å²) in [5.74, 6) is 0.561. The number of pyridine rings is 1. The number of hydrogen-bond donors (Lipinski definition) is 1. The fraction of sp³-hybridized carbons (Fsp3) is 0.143. The lowest BCUT2D eigenvalue weighted by atomic mass is 10.2. The minimum absolute atomic E-state index is 0.561. The maximum Gasteiger partial charge on any atom is 0.213 e. The monoisotopic (exact) mass is 273 g/mol. The van der Waals surface area contributed by atoms with Crippen LogP contribution in [0.1, 0.15) is 11.1 Å². The molecule has 0 aliphatic rings. The Morgan fingerprint density at radius 3 is 2.95 bits per heavy atom. The van der Waals surface area contributed by atoms with Crippen LogP contribution < -0.4 is 10.1 Å². The molecule has 0 atom stereocenters. The first-order chi connectivity index (χ1) is 9.22. The van der Waals surface area contributed by atoms with E-state index >= 15 is 0 Å². The van der Waals surface area contributed by atoms with Crippen LogP contribution in [0.15, 0.2) is 36.5 Å². The molecular weight excluding hydrogens is 262 g/mol. The van der Waals surface area contributed by atoms with Gasteiger partial charge in [0.05, 0.1) is 18.4 Å². The van der Waals surface area contributed by atoms with E-state index in [-0.39, 0.29) is 0 Å². The van der Waals surface area contributed by atoms with Gasteiger partial charge in [-0.2, -0.15) is 5.26 Å². The summed E-state index contributed by atoms with van der Waals surface area (Å²) in [7, 11) is 1.57. The van der Waals surface area contributed by atoms with E-state index in [0.717, 1.165) is 5.56 Å². The molecule has 0 fully saturated rings. The van der Waals surface area contributed by atoms with Gasteiger partial charge in [0.2, 0.25) is 5.88 Å². The topological polar surface area (TPSA) is 57.9 Å². The molecule has 0 unspecified atom stereocenters. The van der Waals surface area contributed by atoms with Crippen molar-refractivity contribution in [3.8, 4) is 11.9 Å². The second-order valence-corrected chi connectivity index (χ2v) is 4.30. The highest BCUT2D eigenvalue weighted by atomic mass is 35.5. The van der Waals surface area contributed by atoms with Crippen molar-refractivity contribution in [1.29, 1.82) is 5.26 Å². The third kappa shape index (κ3) is 3.36. The van der Waals surface area contributed by atoms with Crippen LogP contribution in [-0.2, 0) is 6.54 Å². The third-order valence-corrected chi connectivity index (χ3v) is 2.83. The Hall–Kier alpha value is -2.25. The van der Waals surface area contributed by atoms with Crippen molar-refractivity contribution in [2.24, 2.45) is 0 Å². The van der Waals surface area contributed by atoms with E-state index in [9.17, 15) is 0 Å². The van der Waals surface area contributed by atoms with Crippen LogP contribution in [0.4, 0.5) is 5.69 Å². The smallest absolute Gasteiger partial charge is 0.213 e. The largest absolute Gasteiger partial charge is 0.481 e. The highest BCUT2D eigenvalue weighted by Gasteiger charge is 2.03.